The number of nitrogens with one attached hydrogen (secondary N) is 1. The first-order valence-electron chi connectivity index (χ1n) is 17.3. The second-order valence-electron chi connectivity index (χ2n) is 13.0. The number of hydrogen-bond acceptors (Lipinski definition) is 9. The molecular formula is C39H45N5O6. The van der Waals surface area contributed by atoms with E-state index >= 15 is 0 Å². The van der Waals surface area contributed by atoms with Crippen molar-refractivity contribution in [3.63, 3.8) is 0 Å². The van der Waals surface area contributed by atoms with E-state index in [4.69, 9.17) is 14.6 Å². The number of ether oxygens (including phenoxy) is 2. The van der Waals surface area contributed by atoms with E-state index in [9.17, 15) is 14.7 Å². The lowest BCUT2D eigenvalue weighted by Crippen LogP contribution is -2.51. The molecule has 0 radical (unpaired) electrons. The molecule has 3 N–H and O–H groups in total. The highest BCUT2D eigenvalue weighted by Gasteiger charge is 2.39. The quantitative estimate of drug-likeness (QED) is 0.175. The van der Waals surface area contributed by atoms with E-state index in [1.165, 1.54) is 0 Å². The van der Waals surface area contributed by atoms with E-state index in [0.717, 1.165) is 72.1 Å². The van der Waals surface area contributed by atoms with Crippen molar-refractivity contribution >= 4 is 17.8 Å². The minimum atomic E-state index is -0.901. The molecule has 262 valence electrons. The summed E-state index contributed by atoms with van der Waals surface area (Å²) < 4.78 is 13.5. The molecule has 0 spiro atoms. The van der Waals surface area contributed by atoms with Crippen molar-refractivity contribution < 1.29 is 29.3 Å². The first kappa shape index (κ1) is 35.2. The van der Waals surface area contributed by atoms with Crippen LogP contribution in [0.25, 0.3) is 11.1 Å². The predicted octanol–water partition coefficient (Wildman–Crippen LogP) is 5.12. The summed E-state index contributed by atoms with van der Waals surface area (Å²) in [5, 5.41) is 21.4. The van der Waals surface area contributed by atoms with Crippen LogP contribution in [0.2, 0.25) is 0 Å². The van der Waals surface area contributed by atoms with Gasteiger partial charge in [-0.15, -0.1) is 0 Å². The number of carboxylic acid groups (broad SMARTS) is 1. The number of piperazine rings is 1. The number of aliphatic hydroxyl groups excluding tert-OH is 1. The van der Waals surface area contributed by atoms with Gasteiger partial charge in [0, 0.05) is 76.0 Å². The molecule has 0 unspecified atom stereocenters. The van der Waals surface area contributed by atoms with Gasteiger partial charge in [-0.25, -0.2) is 9.97 Å². The van der Waals surface area contributed by atoms with Crippen LogP contribution in [0.1, 0.15) is 60.8 Å². The number of carbonyl (C=O) groups is 2. The van der Waals surface area contributed by atoms with Gasteiger partial charge in [-0.05, 0) is 40.3 Å². The Morgan fingerprint density at radius 2 is 1.56 bits per heavy atom. The fraction of sp³-hybridized carbons (Fsp3) is 0.385. The van der Waals surface area contributed by atoms with Gasteiger partial charge in [-0.2, -0.15) is 0 Å². The monoisotopic (exact) mass is 679 g/mol. The van der Waals surface area contributed by atoms with E-state index in [0.29, 0.717) is 13.0 Å². The molecule has 2 aliphatic rings. The number of anilines is 1. The molecule has 3 aromatic carbocycles. The standard InChI is InChI=1S/C39H45N5O6/c1-27-34(25-43-20-22-44(23-21-43)39-40-18-5-19-41-39)49-38(50-37(27)30-12-10-28(26-45)11-13-30)31-16-14-29(15-17-31)33-7-3-2-6-32(33)24-42-35(46)8-4-9-36(47)48/h2-3,5-7,10-19,27,34,37-38,45H,4,8-9,20-26H2,1H3,(H,42,46)(H,47,48)/t27-,34+,37+,38+/m1/s1. The molecule has 2 fully saturated rings. The second-order valence-corrected chi connectivity index (χ2v) is 13.0. The zero-order valence-electron chi connectivity index (χ0n) is 28.4. The smallest absolute Gasteiger partial charge is 0.303 e. The normalized spacial score (nSPS) is 21.1. The first-order valence-corrected chi connectivity index (χ1v) is 17.3. The molecule has 1 amide bonds. The van der Waals surface area contributed by atoms with Gasteiger partial charge in [0.25, 0.3) is 0 Å². The van der Waals surface area contributed by atoms with E-state index in [1.807, 2.05) is 66.7 Å². The number of aliphatic carboxylic acids is 1. The molecule has 3 heterocycles. The second kappa shape index (κ2) is 16.8. The van der Waals surface area contributed by atoms with E-state index in [-0.39, 0.29) is 43.5 Å². The number of carbonyl (C=O) groups excluding carboxylic acids is 1. The van der Waals surface area contributed by atoms with Crippen molar-refractivity contribution in [1.82, 2.24) is 20.2 Å². The van der Waals surface area contributed by atoms with Crippen molar-refractivity contribution in [2.45, 2.75) is 57.8 Å². The lowest BCUT2D eigenvalue weighted by Gasteiger charge is -2.44. The molecule has 11 nitrogen and oxygen atoms in total. The van der Waals surface area contributed by atoms with Gasteiger partial charge in [0.1, 0.15) is 0 Å². The highest BCUT2D eigenvalue weighted by atomic mass is 16.7. The number of nitrogens with zero attached hydrogens (tertiary/aromatic N) is 4. The third-order valence-electron chi connectivity index (χ3n) is 9.55. The van der Waals surface area contributed by atoms with E-state index in [1.54, 1.807) is 12.4 Å². The first-order chi connectivity index (χ1) is 24.4. The fourth-order valence-corrected chi connectivity index (χ4v) is 6.63. The summed E-state index contributed by atoms with van der Waals surface area (Å²) in [6.45, 7) is 6.73. The fourth-order valence-electron chi connectivity index (χ4n) is 6.63. The molecule has 2 aliphatic heterocycles. The van der Waals surface area contributed by atoms with Gasteiger partial charge in [0.15, 0.2) is 6.29 Å². The lowest BCUT2D eigenvalue weighted by molar-refractivity contribution is -0.276. The van der Waals surface area contributed by atoms with Crippen molar-refractivity contribution in [1.29, 1.82) is 0 Å². The van der Waals surface area contributed by atoms with Gasteiger partial charge in [-0.3, -0.25) is 14.5 Å². The van der Waals surface area contributed by atoms with Gasteiger partial charge < -0.3 is 29.9 Å². The Morgan fingerprint density at radius 1 is 0.860 bits per heavy atom. The minimum absolute atomic E-state index is 0.00957. The zero-order valence-corrected chi connectivity index (χ0v) is 28.4. The van der Waals surface area contributed by atoms with Crippen LogP contribution < -0.4 is 10.2 Å². The van der Waals surface area contributed by atoms with Crippen molar-refractivity contribution in [2.24, 2.45) is 5.92 Å². The Balaban J connectivity index is 1.16. The summed E-state index contributed by atoms with van der Waals surface area (Å²) >= 11 is 0. The molecule has 4 aromatic rings. The molecule has 0 saturated carbocycles. The Hall–Kier alpha value is -4.68. The third-order valence-corrected chi connectivity index (χ3v) is 9.55. The summed E-state index contributed by atoms with van der Waals surface area (Å²) in [5.41, 5.74) is 5.80. The Labute approximate surface area is 292 Å². The molecule has 0 bridgehead atoms. The van der Waals surface area contributed by atoms with Gasteiger partial charge in [0.2, 0.25) is 11.9 Å². The van der Waals surface area contributed by atoms with Crippen molar-refractivity contribution in [2.75, 3.05) is 37.6 Å². The topological polar surface area (TPSA) is 137 Å². The number of amides is 1. The molecule has 4 atom stereocenters. The number of hydrogen-bond donors (Lipinski definition) is 3. The van der Waals surface area contributed by atoms with Gasteiger partial charge >= 0.3 is 5.97 Å². The number of aliphatic hydroxyl groups is 1. The Kier molecular flexibility index (Phi) is 11.8. The lowest BCUT2D eigenvalue weighted by atomic mass is 9.89. The summed E-state index contributed by atoms with van der Waals surface area (Å²) in [6.07, 6.45) is 3.15. The number of aromatic nitrogens is 2. The predicted molar refractivity (Wildman–Crippen MR) is 189 cm³/mol. The van der Waals surface area contributed by atoms with Crippen molar-refractivity contribution in [3.8, 4) is 11.1 Å². The average molecular weight is 680 g/mol. The van der Waals surface area contributed by atoms with Crippen LogP contribution >= 0.6 is 0 Å². The van der Waals surface area contributed by atoms with Crippen LogP contribution in [0.4, 0.5) is 5.95 Å². The maximum atomic E-state index is 12.3. The van der Waals surface area contributed by atoms with Crippen LogP contribution in [0.3, 0.4) is 0 Å². The van der Waals surface area contributed by atoms with Crippen molar-refractivity contribution in [3.05, 3.63) is 114 Å². The highest BCUT2D eigenvalue weighted by molar-refractivity contribution is 5.77. The largest absolute Gasteiger partial charge is 0.481 e. The van der Waals surface area contributed by atoms with E-state index in [2.05, 4.69) is 44.1 Å². The van der Waals surface area contributed by atoms with Crippen LogP contribution in [0.5, 0.6) is 0 Å². The third kappa shape index (κ3) is 8.91. The zero-order chi connectivity index (χ0) is 34.9. The SMILES string of the molecule is C[C@@H]1[C@H](CN2CCN(c3ncccn3)CC2)O[C@H](c2ccc(-c3ccccc3CNC(=O)CCCC(=O)O)cc2)O[C@@H]1c1ccc(CO)cc1. The Bertz CT molecular complexity index is 1700. The summed E-state index contributed by atoms with van der Waals surface area (Å²) in [7, 11) is 0. The maximum absolute atomic E-state index is 12.3. The molecule has 6 rings (SSSR count). The van der Waals surface area contributed by atoms with Crippen LogP contribution in [0.15, 0.2) is 91.3 Å². The molecule has 11 heteroatoms. The molecule has 0 aliphatic carbocycles. The summed E-state index contributed by atoms with van der Waals surface area (Å²) in [5.74, 6) is -0.230. The number of benzene rings is 3. The summed E-state index contributed by atoms with van der Waals surface area (Å²) in [4.78, 5) is 36.6. The number of carboxylic acids is 1. The summed E-state index contributed by atoms with van der Waals surface area (Å²) in [6, 6.07) is 25.9. The molecule has 50 heavy (non-hydrogen) atoms. The van der Waals surface area contributed by atoms with Gasteiger partial charge in [0.05, 0.1) is 18.8 Å². The van der Waals surface area contributed by atoms with Gasteiger partial charge in [-0.1, -0.05) is 79.7 Å². The van der Waals surface area contributed by atoms with Crippen LogP contribution in [-0.2, 0) is 32.2 Å². The average Bonchev–Trinajstić information content (AvgIpc) is 3.15. The molecule has 2 saturated heterocycles. The number of rotatable bonds is 13. The minimum Gasteiger partial charge on any atom is -0.481 e. The van der Waals surface area contributed by atoms with Crippen LogP contribution in [-0.4, -0.2) is 75.8 Å². The Morgan fingerprint density at radius 3 is 2.26 bits per heavy atom. The highest BCUT2D eigenvalue weighted by Crippen LogP contribution is 2.42. The maximum Gasteiger partial charge on any atom is 0.303 e. The molecule has 1 aromatic heterocycles. The van der Waals surface area contributed by atoms with E-state index < -0.39 is 12.3 Å². The molecular weight excluding hydrogens is 634 g/mol. The van der Waals surface area contributed by atoms with Crippen LogP contribution in [0, 0.1) is 5.92 Å².